The Morgan fingerprint density at radius 3 is 2.07 bits per heavy atom. The van der Waals surface area contributed by atoms with Crippen molar-refractivity contribution in [3.63, 3.8) is 0 Å². The number of nitrogens with one attached hydrogen (secondary N) is 1. The maximum atomic E-state index is 12.5. The van der Waals surface area contributed by atoms with Crippen molar-refractivity contribution in [2.75, 3.05) is 5.48 Å². The number of halogens is 5. The van der Waals surface area contributed by atoms with Crippen LogP contribution in [0.1, 0.15) is 0 Å². The van der Waals surface area contributed by atoms with E-state index in [9.17, 15) is 17.6 Å². The third kappa shape index (κ3) is 3.35. The van der Waals surface area contributed by atoms with Crippen LogP contribution in [0.2, 0.25) is 0 Å². The van der Waals surface area contributed by atoms with Gasteiger partial charge in [-0.3, -0.25) is 5.48 Å². The average Bonchev–Trinajstić information content (AvgIpc) is 2.15. The lowest BCUT2D eigenvalue weighted by Gasteiger charge is -2.21. The lowest BCUT2D eigenvalue weighted by atomic mass is 10.3. The maximum Gasteiger partial charge on any atom is 0.450 e. The molecule has 84 valence electrons. The second-order valence-electron chi connectivity index (χ2n) is 2.58. The number of para-hydroxylation sites is 1. The molecule has 0 unspecified atom stereocenters. The summed E-state index contributed by atoms with van der Waals surface area (Å²) in [5, 5.41) is 0. The zero-order chi connectivity index (χ0) is 11.5. The summed E-state index contributed by atoms with van der Waals surface area (Å²) in [7, 11) is 0. The number of hydrogen-bond acceptors (Lipinski definition) is 2. The van der Waals surface area contributed by atoms with Gasteiger partial charge in [0.25, 0.3) is 0 Å². The van der Waals surface area contributed by atoms with Crippen molar-refractivity contribution in [1.82, 2.24) is 0 Å². The molecule has 1 rings (SSSR count). The van der Waals surface area contributed by atoms with E-state index in [0.29, 0.717) is 0 Å². The summed E-state index contributed by atoms with van der Waals surface area (Å²) in [6.45, 7) is 0. The monoisotopic (exact) mass is 287 g/mol. The molecule has 0 aliphatic rings. The van der Waals surface area contributed by atoms with Gasteiger partial charge in [0.2, 0.25) is 0 Å². The molecule has 0 aliphatic carbocycles. The topological polar surface area (TPSA) is 21.3 Å². The molecule has 7 heteroatoms. The predicted octanol–water partition coefficient (Wildman–Crippen LogP) is 3.61. The summed E-state index contributed by atoms with van der Waals surface area (Å²) in [5.74, 6) is 0. The van der Waals surface area contributed by atoms with Crippen LogP contribution >= 0.6 is 15.9 Å². The van der Waals surface area contributed by atoms with Crippen molar-refractivity contribution < 1.29 is 22.4 Å². The number of rotatable bonds is 4. The molecule has 0 aliphatic heterocycles. The number of hydrogen-bond donors (Lipinski definition) is 1. The molecule has 0 atom stereocenters. The van der Waals surface area contributed by atoms with E-state index >= 15 is 0 Å². The zero-order valence-corrected chi connectivity index (χ0v) is 8.77. The fourth-order valence-corrected chi connectivity index (χ4v) is 0.768. The van der Waals surface area contributed by atoms with Crippen molar-refractivity contribution in [2.24, 2.45) is 0 Å². The highest BCUT2D eigenvalue weighted by atomic mass is 79.9. The molecule has 0 amide bonds. The van der Waals surface area contributed by atoms with Gasteiger partial charge in [0, 0.05) is 15.9 Å². The van der Waals surface area contributed by atoms with Gasteiger partial charge in [0.15, 0.2) is 0 Å². The Labute approximate surface area is 91.3 Å². The van der Waals surface area contributed by atoms with Gasteiger partial charge in [-0.25, -0.2) is 0 Å². The third-order valence-electron chi connectivity index (χ3n) is 1.40. The molecule has 2 nitrogen and oxygen atoms in total. The SMILES string of the molecule is FC(F)(Br)C(F)(F)ONc1ccccc1. The summed E-state index contributed by atoms with van der Waals surface area (Å²) in [4.78, 5) is -0.829. The van der Waals surface area contributed by atoms with E-state index in [2.05, 4.69) is 4.84 Å². The van der Waals surface area contributed by atoms with E-state index in [1.807, 2.05) is 0 Å². The molecular formula is C8H6BrF4NO. The minimum atomic E-state index is -4.64. The van der Waals surface area contributed by atoms with E-state index in [1.165, 1.54) is 40.2 Å². The van der Waals surface area contributed by atoms with Gasteiger partial charge in [0.05, 0.1) is 5.69 Å². The van der Waals surface area contributed by atoms with Crippen molar-refractivity contribution in [3.05, 3.63) is 30.3 Å². The van der Waals surface area contributed by atoms with Crippen LogP contribution in [0.3, 0.4) is 0 Å². The molecule has 1 aromatic rings. The van der Waals surface area contributed by atoms with E-state index in [0.717, 1.165) is 0 Å². The van der Waals surface area contributed by atoms with Gasteiger partial charge in [-0.05, 0) is 12.1 Å². The zero-order valence-electron chi connectivity index (χ0n) is 7.18. The summed E-state index contributed by atoms with van der Waals surface area (Å²) in [6.07, 6.45) is -4.64. The van der Waals surface area contributed by atoms with Gasteiger partial charge in [0.1, 0.15) is 0 Å². The normalized spacial score (nSPS) is 12.6. The van der Waals surface area contributed by atoms with E-state index in [-0.39, 0.29) is 5.69 Å². The Morgan fingerprint density at radius 2 is 1.60 bits per heavy atom. The lowest BCUT2D eigenvalue weighted by Crippen LogP contribution is -2.39. The Kier molecular flexibility index (Phi) is 3.56. The average molecular weight is 288 g/mol. The van der Waals surface area contributed by atoms with Crippen molar-refractivity contribution >= 4 is 21.6 Å². The first-order chi connectivity index (χ1) is 6.83. The number of alkyl halides is 5. The van der Waals surface area contributed by atoms with Gasteiger partial charge < -0.3 is 0 Å². The molecule has 0 spiro atoms. The Hall–Kier alpha value is -0.820. The minimum absolute atomic E-state index is 0.147. The molecule has 0 heterocycles. The van der Waals surface area contributed by atoms with Gasteiger partial charge in [-0.1, -0.05) is 18.2 Å². The van der Waals surface area contributed by atoms with Crippen LogP contribution in [-0.2, 0) is 4.84 Å². The maximum absolute atomic E-state index is 12.5. The van der Waals surface area contributed by atoms with Gasteiger partial charge >= 0.3 is 10.9 Å². The third-order valence-corrected chi connectivity index (χ3v) is 1.86. The summed E-state index contributed by atoms with van der Waals surface area (Å²) >= 11 is 1.53. The smallest absolute Gasteiger partial charge is 0.261 e. The van der Waals surface area contributed by atoms with Crippen molar-refractivity contribution in [1.29, 1.82) is 0 Å². The van der Waals surface area contributed by atoms with E-state index < -0.39 is 10.9 Å². The van der Waals surface area contributed by atoms with Gasteiger partial charge in [-0.2, -0.15) is 22.4 Å². The van der Waals surface area contributed by atoms with Crippen LogP contribution < -0.4 is 5.48 Å². The first-order valence-corrected chi connectivity index (χ1v) is 4.56. The quantitative estimate of drug-likeness (QED) is 0.519. The highest BCUT2D eigenvalue weighted by molar-refractivity contribution is 9.10. The standard InChI is InChI=1S/C8H6BrF4NO/c9-7(10,11)8(12,13)15-14-6-4-2-1-3-5-6/h1-5,14H. The van der Waals surface area contributed by atoms with E-state index in [4.69, 9.17) is 0 Å². The van der Waals surface area contributed by atoms with Crippen LogP contribution in [0.15, 0.2) is 30.3 Å². The highest BCUT2D eigenvalue weighted by Gasteiger charge is 2.57. The molecule has 0 radical (unpaired) electrons. The number of benzene rings is 1. The second-order valence-corrected chi connectivity index (χ2v) is 3.58. The highest BCUT2D eigenvalue weighted by Crippen LogP contribution is 2.40. The fraction of sp³-hybridized carbons (Fsp3) is 0.250. The first kappa shape index (κ1) is 12.3. The minimum Gasteiger partial charge on any atom is -0.261 e. The molecule has 15 heavy (non-hydrogen) atoms. The van der Waals surface area contributed by atoms with Crippen LogP contribution in [-0.4, -0.2) is 10.9 Å². The molecule has 0 saturated heterocycles. The van der Waals surface area contributed by atoms with Crippen LogP contribution in [0.5, 0.6) is 0 Å². The van der Waals surface area contributed by atoms with E-state index in [1.54, 1.807) is 11.5 Å². The number of anilines is 1. The Morgan fingerprint density at radius 1 is 1.07 bits per heavy atom. The van der Waals surface area contributed by atoms with Crippen LogP contribution in [0.25, 0.3) is 0 Å². The fourth-order valence-electron chi connectivity index (χ4n) is 0.687. The molecule has 0 saturated carbocycles. The Balaban J connectivity index is 2.58. The lowest BCUT2D eigenvalue weighted by molar-refractivity contribution is -0.299. The predicted molar refractivity (Wildman–Crippen MR) is 50.0 cm³/mol. The van der Waals surface area contributed by atoms with Crippen molar-refractivity contribution in [2.45, 2.75) is 10.9 Å². The molecule has 0 fully saturated rings. The molecule has 0 bridgehead atoms. The molecule has 0 aromatic heterocycles. The van der Waals surface area contributed by atoms with Crippen molar-refractivity contribution in [3.8, 4) is 0 Å². The second kappa shape index (κ2) is 4.36. The first-order valence-electron chi connectivity index (χ1n) is 3.76. The van der Waals surface area contributed by atoms with Gasteiger partial charge in [-0.15, -0.1) is 0 Å². The van der Waals surface area contributed by atoms with Crippen LogP contribution in [0, 0.1) is 0 Å². The molecule has 1 N–H and O–H groups in total. The Bertz CT molecular complexity index is 314. The van der Waals surface area contributed by atoms with Crippen LogP contribution in [0.4, 0.5) is 23.2 Å². The molecular weight excluding hydrogens is 282 g/mol. The summed E-state index contributed by atoms with van der Waals surface area (Å²) < 4.78 is 49.5. The largest absolute Gasteiger partial charge is 0.450 e. The summed E-state index contributed by atoms with van der Waals surface area (Å²) in [6, 6.07) is 7.50. The molecule has 1 aromatic carbocycles. The summed E-state index contributed by atoms with van der Waals surface area (Å²) in [5.41, 5.74) is 1.88.